The van der Waals surface area contributed by atoms with Crippen LogP contribution in [0.25, 0.3) is 10.6 Å². The second-order valence-electron chi connectivity index (χ2n) is 3.26. The summed E-state index contributed by atoms with van der Waals surface area (Å²) in [6.45, 7) is 1.94. The Hall–Kier alpha value is -1.38. The molecule has 3 nitrogen and oxygen atoms in total. The minimum Gasteiger partial charge on any atom is -0.264 e. The van der Waals surface area contributed by atoms with Crippen molar-refractivity contribution in [3.63, 3.8) is 0 Å². The average molecular weight is 247 g/mol. The maximum absolute atomic E-state index is 8.97. The second-order valence-corrected chi connectivity index (χ2v) is 5.07. The van der Waals surface area contributed by atoms with E-state index in [-0.39, 0.29) is 5.25 Å². The molecule has 0 aromatic carbocycles. The van der Waals surface area contributed by atoms with E-state index in [1.54, 1.807) is 12.4 Å². The molecule has 1 unspecified atom stereocenters. The van der Waals surface area contributed by atoms with Crippen molar-refractivity contribution in [1.29, 1.82) is 5.26 Å². The summed E-state index contributed by atoms with van der Waals surface area (Å²) in [7, 11) is 0. The Bertz CT molecular complexity index is 526. The smallest absolute Gasteiger partial charge is 0.156 e. The van der Waals surface area contributed by atoms with Crippen LogP contribution in [0.5, 0.6) is 0 Å². The third-order valence-corrected chi connectivity index (χ3v) is 3.77. The fourth-order valence-corrected chi connectivity index (χ4v) is 2.53. The van der Waals surface area contributed by atoms with Gasteiger partial charge in [0.25, 0.3) is 0 Å². The first-order chi connectivity index (χ1) is 7.72. The van der Waals surface area contributed by atoms with Gasteiger partial charge in [0.05, 0.1) is 4.88 Å². The molecule has 0 saturated carbocycles. The van der Waals surface area contributed by atoms with E-state index < -0.39 is 0 Å². The number of hydrogen-bond acceptors (Lipinski definition) is 5. The number of thiol groups is 1. The molecule has 2 aromatic rings. The molecule has 1 atom stereocenters. The standard InChI is InChI=1S/C11H9N3S2/c1-7(15)10-9(5-12)14-11(16-10)8-3-2-4-13-6-8/h2-4,6-7,15H,1H3. The van der Waals surface area contributed by atoms with Crippen LogP contribution in [-0.2, 0) is 0 Å². The molecule has 0 spiro atoms. The lowest BCUT2D eigenvalue weighted by atomic mass is 10.3. The van der Waals surface area contributed by atoms with Crippen molar-refractivity contribution < 1.29 is 0 Å². The summed E-state index contributed by atoms with van der Waals surface area (Å²) >= 11 is 5.84. The van der Waals surface area contributed by atoms with E-state index in [2.05, 4.69) is 28.7 Å². The van der Waals surface area contributed by atoms with Crippen LogP contribution in [-0.4, -0.2) is 9.97 Å². The third kappa shape index (κ3) is 2.08. The predicted octanol–water partition coefficient (Wildman–Crippen LogP) is 3.07. The summed E-state index contributed by atoms with van der Waals surface area (Å²) < 4.78 is 0. The minimum absolute atomic E-state index is 0.0255. The third-order valence-electron chi connectivity index (χ3n) is 2.05. The quantitative estimate of drug-likeness (QED) is 0.830. The number of nitriles is 1. The van der Waals surface area contributed by atoms with Gasteiger partial charge in [0.2, 0.25) is 0 Å². The highest BCUT2D eigenvalue weighted by Crippen LogP contribution is 2.33. The van der Waals surface area contributed by atoms with Gasteiger partial charge in [-0.25, -0.2) is 4.98 Å². The summed E-state index contributed by atoms with van der Waals surface area (Å²) in [5, 5.41) is 9.82. The second kappa shape index (κ2) is 4.64. The Kier molecular flexibility index (Phi) is 3.22. The van der Waals surface area contributed by atoms with Crippen LogP contribution >= 0.6 is 24.0 Å². The van der Waals surface area contributed by atoms with Crippen molar-refractivity contribution in [3.8, 4) is 16.6 Å². The normalized spacial score (nSPS) is 12.1. The first-order valence-corrected chi connectivity index (χ1v) is 6.05. The van der Waals surface area contributed by atoms with E-state index in [0.29, 0.717) is 5.69 Å². The van der Waals surface area contributed by atoms with Gasteiger partial charge in [-0.1, -0.05) is 0 Å². The average Bonchev–Trinajstić information content (AvgIpc) is 2.74. The fraction of sp³-hybridized carbons (Fsp3) is 0.182. The lowest BCUT2D eigenvalue weighted by Gasteiger charge is -1.97. The first kappa shape index (κ1) is 11.1. The molecule has 0 aliphatic heterocycles. The molecule has 0 aliphatic rings. The molecule has 0 fully saturated rings. The van der Waals surface area contributed by atoms with Crippen molar-refractivity contribution in [2.24, 2.45) is 0 Å². The molecule has 0 bridgehead atoms. The number of pyridine rings is 1. The van der Waals surface area contributed by atoms with Crippen LogP contribution in [0.3, 0.4) is 0 Å². The van der Waals surface area contributed by atoms with Crippen LogP contribution < -0.4 is 0 Å². The zero-order valence-electron chi connectivity index (χ0n) is 8.58. The topological polar surface area (TPSA) is 49.6 Å². The van der Waals surface area contributed by atoms with Gasteiger partial charge in [0.15, 0.2) is 5.69 Å². The lowest BCUT2D eigenvalue weighted by molar-refractivity contribution is 1.12. The Balaban J connectivity index is 2.49. The monoisotopic (exact) mass is 247 g/mol. The van der Waals surface area contributed by atoms with Gasteiger partial charge in [-0.2, -0.15) is 17.9 Å². The largest absolute Gasteiger partial charge is 0.264 e. The van der Waals surface area contributed by atoms with E-state index in [9.17, 15) is 0 Å². The summed E-state index contributed by atoms with van der Waals surface area (Å²) in [5.41, 5.74) is 1.40. The van der Waals surface area contributed by atoms with Crippen molar-refractivity contribution in [2.45, 2.75) is 12.2 Å². The molecule has 0 amide bonds. The SMILES string of the molecule is CC(S)c1sc(-c2cccnc2)nc1C#N. The van der Waals surface area contributed by atoms with Crippen LogP contribution in [0.1, 0.15) is 22.7 Å². The molecule has 0 radical (unpaired) electrons. The highest BCUT2D eigenvalue weighted by molar-refractivity contribution is 7.80. The van der Waals surface area contributed by atoms with E-state index >= 15 is 0 Å². The predicted molar refractivity (Wildman–Crippen MR) is 67.5 cm³/mol. The molecular weight excluding hydrogens is 238 g/mol. The molecule has 5 heteroatoms. The van der Waals surface area contributed by atoms with Crippen LogP contribution in [0, 0.1) is 11.3 Å². The Labute approximate surface area is 103 Å². The molecule has 16 heavy (non-hydrogen) atoms. The maximum atomic E-state index is 8.97. The van der Waals surface area contributed by atoms with Crippen LogP contribution in [0.4, 0.5) is 0 Å². The Morgan fingerprint density at radius 1 is 1.56 bits per heavy atom. The Morgan fingerprint density at radius 2 is 2.38 bits per heavy atom. The van der Waals surface area contributed by atoms with Gasteiger partial charge in [-0.15, -0.1) is 11.3 Å². The molecule has 0 aliphatic carbocycles. The van der Waals surface area contributed by atoms with Crippen molar-refractivity contribution in [2.75, 3.05) is 0 Å². The summed E-state index contributed by atoms with van der Waals surface area (Å²) in [5.74, 6) is 0. The van der Waals surface area contributed by atoms with E-state index in [4.69, 9.17) is 5.26 Å². The highest BCUT2D eigenvalue weighted by atomic mass is 32.1. The first-order valence-electron chi connectivity index (χ1n) is 4.71. The summed E-state index contributed by atoms with van der Waals surface area (Å²) in [6.07, 6.45) is 3.46. The van der Waals surface area contributed by atoms with Crippen LogP contribution in [0.15, 0.2) is 24.5 Å². The molecule has 2 heterocycles. The number of hydrogen-bond donors (Lipinski definition) is 1. The molecule has 0 saturated heterocycles. The zero-order valence-corrected chi connectivity index (χ0v) is 10.3. The molecule has 0 N–H and O–H groups in total. The van der Waals surface area contributed by atoms with Crippen molar-refractivity contribution in [1.82, 2.24) is 9.97 Å². The molecular formula is C11H9N3S2. The summed E-state index contributed by atoms with van der Waals surface area (Å²) in [4.78, 5) is 9.23. The van der Waals surface area contributed by atoms with Gasteiger partial charge >= 0.3 is 0 Å². The number of aromatic nitrogens is 2. The number of nitrogens with zero attached hydrogens (tertiary/aromatic N) is 3. The molecule has 80 valence electrons. The van der Waals surface area contributed by atoms with Crippen molar-refractivity contribution >= 4 is 24.0 Å². The van der Waals surface area contributed by atoms with Gasteiger partial charge < -0.3 is 0 Å². The maximum Gasteiger partial charge on any atom is 0.156 e. The van der Waals surface area contributed by atoms with Gasteiger partial charge in [0.1, 0.15) is 11.1 Å². The fourth-order valence-electron chi connectivity index (χ4n) is 1.31. The van der Waals surface area contributed by atoms with Crippen LogP contribution in [0.2, 0.25) is 0 Å². The van der Waals surface area contributed by atoms with E-state index in [1.807, 2.05) is 19.1 Å². The number of thiazole rings is 1. The summed E-state index contributed by atoms with van der Waals surface area (Å²) in [6, 6.07) is 5.88. The van der Waals surface area contributed by atoms with Gasteiger partial charge in [-0.3, -0.25) is 4.98 Å². The zero-order chi connectivity index (χ0) is 11.5. The highest BCUT2D eigenvalue weighted by Gasteiger charge is 2.15. The Morgan fingerprint density at radius 3 is 2.88 bits per heavy atom. The minimum atomic E-state index is 0.0255. The van der Waals surface area contributed by atoms with Crippen molar-refractivity contribution in [3.05, 3.63) is 35.1 Å². The lowest BCUT2D eigenvalue weighted by Crippen LogP contribution is -1.84. The number of rotatable bonds is 2. The molecule has 2 aromatic heterocycles. The van der Waals surface area contributed by atoms with Gasteiger partial charge in [0, 0.05) is 23.2 Å². The molecule has 2 rings (SSSR count). The van der Waals surface area contributed by atoms with Gasteiger partial charge in [-0.05, 0) is 19.1 Å². The van der Waals surface area contributed by atoms with E-state index in [0.717, 1.165) is 15.4 Å². The van der Waals surface area contributed by atoms with E-state index in [1.165, 1.54) is 11.3 Å².